The van der Waals surface area contributed by atoms with Gasteiger partial charge < -0.3 is 14.0 Å². The molecule has 0 aliphatic carbocycles. The van der Waals surface area contributed by atoms with E-state index >= 15 is 0 Å². The molecule has 2 aromatic rings. The van der Waals surface area contributed by atoms with Crippen molar-refractivity contribution in [3.05, 3.63) is 41.6 Å². The summed E-state index contributed by atoms with van der Waals surface area (Å²) >= 11 is 0. The fourth-order valence-corrected chi connectivity index (χ4v) is 2.19. The first-order chi connectivity index (χ1) is 11.8. The summed E-state index contributed by atoms with van der Waals surface area (Å²) in [6.45, 7) is 7.56. The van der Waals surface area contributed by atoms with Crippen LogP contribution in [0.5, 0.6) is 0 Å². The number of hydrogen-bond acceptors (Lipinski definition) is 6. The SMILES string of the molecule is CCOC(=O)c1cc(-c2ccc(CCC(=O)OC(C)(C)C)cc2)on1. The summed E-state index contributed by atoms with van der Waals surface area (Å²) in [5.74, 6) is -0.237. The molecule has 1 aromatic heterocycles. The number of ether oxygens (including phenoxy) is 2. The van der Waals surface area contributed by atoms with Gasteiger partial charge in [0.05, 0.1) is 6.61 Å². The van der Waals surface area contributed by atoms with Gasteiger partial charge in [-0.3, -0.25) is 4.79 Å². The molecule has 0 radical (unpaired) electrons. The highest BCUT2D eigenvalue weighted by Crippen LogP contribution is 2.22. The Labute approximate surface area is 147 Å². The summed E-state index contributed by atoms with van der Waals surface area (Å²) < 4.78 is 15.4. The maximum atomic E-state index is 11.8. The first kappa shape index (κ1) is 18.7. The molecule has 2 rings (SSSR count). The molecule has 0 unspecified atom stereocenters. The van der Waals surface area contributed by atoms with E-state index in [1.807, 2.05) is 45.0 Å². The molecule has 1 aromatic carbocycles. The zero-order chi connectivity index (χ0) is 18.4. The Morgan fingerprint density at radius 2 is 1.84 bits per heavy atom. The van der Waals surface area contributed by atoms with Gasteiger partial charge in [-0.2, -0.15) is 0 Å². The predicted octanol–water partition coefficient (Wildman–Crippen LogP) is 3.79. The molecule has 0 atom stereocenters. The van der Waals surface area contributed by atoms with Gasteiger partial charge >= 0.3 is 11.9 Å². The first-order valence-electron chi connectivity index (χ1n) is 8.23. The number of benzene rings is 1. The van der Waals surface area contributed by atoms with Crippen molar-refractivity contribution in [1.82, 2.24) is 5.16 Å². The number of esters is 2. The molecular weight excluding hydrogens is 322 g/mol. The molecule has 0 saturated heterocycles. The van der Waals surface area contributed by atoms with Gasteiger partial charge in [0.15, 0.2) is 11.5 Å². The van der Waals surface area contributed by atoms with Crippen molar-refractivity contribution < 1.29 is 23.6 Å². The van der Waals surface area contributed by atoms with Gasteiger partial charge in [-0.15, -0.1) is 0 Å². The van der Waals surface area contributed by atoms with Crippen LogP contribution in [-0.4, -0.2) is 29.3 Å². The Bertz CT molecular complexity index is 725. The minimum atomic E-state index is -0.508. The van der Waals surface area contributed by atoms with Gasteiger partial charge in [-0.1, -0.05) is 29.4 Å². The maximum Gasteiger partial charge on any atom is 0.360 e. The summed E-state index contributed by atoms with van der Waals surface area (Å²) in [6.07, 6.45) is 0.922. The Balaban J connectivity index is 1.96. The van der Waals surface area contributed by atoms with Crippen LogP contribution in [0.4, 0.5) is 0 Å². The highest BCUT2D eigenvalue weighted by molar-refractivity contribution is 5.88. The molecule has 0 N–H and O–H groups in total. The highest BCUT2D eigenvalue weighted by atomic mass is 16.6. The van der Waals surface area contributed by atoms with Crippen LogP contribution >= 0.6 is 0 Å². The van der Waals surface area contributed by atoms with Crippen LogP contribution in [-0.2, 0) is 20.7 Å². The molecule has 0 bridgehead atoms. The predicted molar refractivity (Wildman–Crippen MR) is 92.1 cm³/mol. The van der Waals surface area contributed by atoms with Gasteiger partial charge in [0.1, 0.15) is 5.60 Å². The number of carbonyl (C=O) groups excluding carboxylic acids is 2. The molecule has 0 aliphatic heterocycles. The molecule has 0 saturated carbocycles. The smallest absolute Gasteiger partial charge is 0.360 e. The zero-order valence-electron chi connectivity index (χ0n) is 15.0. The number of aryl methyl sites for hydroxylation is 1. The van der Waals surface area contributed by atoms with Crippen molar-refractivity contribution in [3.63, 3.8) is 0 Å². The van der Waals surface area contributed by atoms with Crippen molar-refractivity contribution in [2.75, 3.05) is 6.61 Å². The molecule has 1 heterocycles. The Kier molecular flexibility index (Phi) is 5.96. The lowest BCUT2D eigenvalue weighted by Crippen LogP contribution is -2.23. The third-order valence-electron chi connectivity index (χ3n) is 3.27. The summed E-state index contributed by atoms with van der Waals surface area (Å²) in [4.78, 5) is 23.4. The second kappa shape index (κ2) is 7.96. The van der Waals surface area contributed by atoms with Gasteiger partial charge in [0.2, 0.25) is 0 Å². The molecule has 6 heteroatoms. The number of hydrogen-bond donors (Lipinski definition) is 0. The summed E-state index contributed by atoms with van der Waals surface area (Å²) in [7, 11) is 0. The minimum absolute atomic E-state index is 0.144. The van der Waals surface area contributed by atoms with Crippen LogP contribution in [0.1, 0.15) is 50.2 Å². The third kappa shape index (κ3) is 5.74. The van der Waals surface area contributed by atoms with E-state index < -0.39 is 11.6 Å². The summed E-state index contributed by atoms with van der Waals surface area (Å²) in [5.41, 5.74) is 1.48. The van der Waals surface area contributed by atoms with Crippen molar-refractivity contribution in [3.8, 4) is 11.3 Å². The lowest BCUT2D eigenvalue weighted by atomic mass is 10.1. The van der Waals surface area contributed by atoms with Gasteiger partial charge in [0.25, 0.3) is 0 Å². The van der Waals surface area contributed by atoms with Crippen molar-refractivity contribution in [2.24, 2.45) is 0 Å². The molecule has 25 heavy (non-hydrogen) atoms. The average molecular weight is 345 g/mol. The van der Waals surface area contributed by atoms with Crippen LogP contribution in [0.3, 0.4) is 0 Å². The molecule has 0 fully saturated rings. The van der Waals surface area contributed by atoms with Crippen molar-refractivity contribution >= 4 is 11.9 Å². The Morgan fingerprint density at radius 1 is 1.16 bits per heavy atom. The number of rotatable bonds is 6. The molecule has 0 spiro atoms. The molecular formula is C19H23NO5. The molecule has 0 amide bonds. The second-order valence-corrected chi connectivity index (χ2v) is 6.58. The highest BCUT2D eigenvalue weighted by Gasteiger charge is 2.16. The minimum Gasteiger partial charge on any atom is -0.461 e. The van der Waals surface area contributed by atoms with Gasteiger partial charge in [-0.05, 0) is 39.7 Å². The van der Waals surface area contributed by atoms with Crippen LogP contribution in [0.25, 0.3) is 11.3 Å². The standard InChI is InChI=1S/C19H23NO5/c1-5-23-18(22)15-12-16(25-20-15)14-9-6-13(7-10-14)8-11-17(21)24-19(2,3)4/h6-7,9-10,12H,5,8,11H2,1-4H3. The van der Waals surface area contributed by atoms with E-state index in [1.165, 1.54) is 0 Å². The Hall–Kier alpha value is -2.63. The zero-order valence-corrected chi connectivity index (χ0v) is 15.0. The van der Waals surface area contributed by atoms with E-state index in [0.29, 0.717) is 18.6 Å². The van der Waals surface area contributed by atoms with Crippen LogP contribution in [0.2, 0.25) is 0 Å². The Morgan fingerprint density at radius 3 is 2.44 bits per heavy atom. The van der Waals surface area contributed by atoms with Crippen molar-refractivity contribution in [2.45, 2.75) is 46.1 Å². The lowest BCUT2D eigenvalue weighted by molar-refractivity contribution is -0.154. The number of aromatic nitrogens is 1. The van der Waals surface area contributed by atoms with Crippen LogP contribution < -0.4 is 0 Å². The van der Waals surface area contributed by atoms with E-state index in [9.17, 15) is 9.59 Å². The van der Waals surface area contributed by atoms with Gasteiger partial charge in [-0.25, -0.2) is 4.79 Å². The monoisotopic (exact) mass is 345 g/mol. The lowest BCUT2D eigenvalue weighted by Gasteiger charge is -2.19. The first-order valence-corrected chi connectivity index (χ1v) is 8.23. The van der Waals surface area contributed by atoms with Gasteiger partial charge in [0, 0.05) is 18.1 Å². The number of nitrogens with zero attached hydrogens (tertiary/aromatic N) is 1. The molecule has 6 nitrogen and oxygen atoms in total. The fraction of sp³-hybridized carbons (Fsp3) is 0.421. The van der Waals surface area contributed by atoms with Crippen LogP contribution in [0, 0.1) is 0 Å². The number of carbonyl (C=O) groups is 2. The van der Waals surface area contributed by atoms with E-state index in [-0.39, 0.29) is 18.3 Å². The normalized spacial score (nSPS) is 11.2. The van der Waals surface area contributed by atoms with Crippen molar-refractivity contribution in [1.29, 1.82) is 0 Å². The topological polar surface area (TPSA) is 78.6 Å². The molecule has 0 aliphatic rings. The van der Waals surface area contributed by atoms with Crippen LogP contribution in [0.15, 0.2) is 34.9 Å². The van der Waals surface area contributed by atoms with E-state index in [4.69, 9.17) is 14.0 Å². The largest absolute Gasteiger partial charge is 0.461 e. The summed E-state index contributed by atoms with van der Waals surface area (Å²) in [6, 6.07) is 9.09. The maximum absolute atomic E-state index is 11.8. The second-order valence-electron chi connectivity index (χ2n) is 6.58. The van der Waals surface area contributed by atoms with E-state index in [0.717, 1.165) is 11.1 Å². The molecule has 134 valence electrons. The quantitative estimate of drug-likeness (QED) is 0.741. The average Bonchev–Trinajstić information content (AvgIpc) is 3.02. The summed E-state index contributed by atoms with van der Waals surface area (Å²) in [5, 5.41) is 3.72. The van der Waals surface area contributed by atoms with E-state index in [1.54, 1.807) is 13.0 Å². The van der Waals surface area contributed by atoms with E-state index in [2.05, 4.69) is 5.16 Å². The fourth-order valence-electron chi connectivity index (χ4n) is 2.19. The third-order valence-corrected chi connectivity index (χ3v) is 3.27.